The van der Waals surface area contributed by atoms with Gasteiger partial charge in [0.2, 0.25) is 0 Å². The molecule has 1 aromatic heterocycles. The molecular weight excluding hydrogens is 338 g/mol. The van der Waals surface area contributed by atoms with Gasteiger partial charge in [-0.3, -0.25) is 21.0 Å². The van der Waals surface area contributed by atoms with E-state index in [1.807, 2.05) is 6.07 Å². The van der Waals surface area contributed by atoms with E-state index in [2.05, 4.69) is 21.5 Å². The zero-order valence-corrected chi connectivity index (χ0v) is 13.4. The summed E-state index contributed by atoms with van der Waals surface area (Å²) in [6.07, 6.45) is 1.57. The molecule has 0 saturated carbocycles. The summed E-state index contributed by atoms with van der Waals surface area (Å²) in [6.45, 7) is 0.421. The Morgan fingerprint density at radius 1 is 1.13 bits per heavy atom. The average molecular weight is 351 g/mol. The minimum atomic E-state index is -0.492. The van der Waals surface area contributed by atoms with Gasteiger partial charge in [0.1, 0.15) is 11.4 Å². The average Bonchev–Trinajstić information content (AvgIpc) is 3.04. The van der Waals surface area contributed by atoms with Crippen LogP contribution >= 0.6 is 24.4 Å². The smallest absolute Gasteiger partial charge is 0.292 e. The van der Waals surface area contributed by atoms with Crippen molar-refractivity contribution in [2.24, 2.45) is 0 Å². The van der Waals surface area contributed by atoms with Crippen LogP contribution in [0, 0.1) is 10.1 Å². The van der Waals surface area contributed by atoms with Gasteiger partial charge in [0.25, 0.3) is 5.69 Å². The third-order valence-electron chi connectivity index (χ3n) is 2.64. The van der Waals surface area contributed by atoms with Crippen molar-refractivity contribution in [1.82, 2.24) is 16.2 Å². The predicted octanol–water partition coefficient (Wildman–Crippen LogP) is 2.05. The summed E-state index contributed by atoms with van der Waals surface area (Å²) in [6, 6.07) is 9.77. The van der Waals surface area contributed by atoms with Crippen LogP contribution < -0.4 is 21.5 Å². The molecule has 0 radical (unpaired) electrons. The molecule has 0 aliphatic heterocycles. The highest BCUT2D eigenvalue weighted by atomic mass is 32.1. The number of nitro benzene ring substituents is 1. The summed E-state index contributed by atoms with van der Waals surface area (Å²) in [7, 11) is 0. The summed E-state index contributed by atoms with van der Waals surface area (Å²) < 4.78 is 5.15. The second-order valence-electron chi connectivity index (χ2n) is 4.24. The predicted molar refractivity (Wildman–Crippen MR) is 93.7 cm³/mol. The molecule has 1 heterocycles. The molecule has 0 unspecified atom stereocenters. The van der Waals surface area contributed by atoms with Crippen molar-refractivity contribution in [3.63, 3.8) is 0 Å². The number of para-hydroxylation sites is 2. The first-order valence-electron chi connectivity index (χ1n) is 6.43. The van der Waals surface area contributed by atoms with Gasteiger partial charge in [-0.05, 0) is 42.6 Å². The van der Waals surface area contributed by atoms with E-state index in [1.165, 1.54) is 6.07 Å². The number of hydrogen-bond donors (Lipinski definition) is 4. The monoisotopic (exact) mass is 351 g/mol. The van der Waals surface area contributed by atoms with E-state index in [0.717, 1.165) is 5.76 Å². The lowest BCUT2D eigenvalue weighted by atomic mass is 10.3. The second kappa shape index (κ2) is 8.06. The molecule has 2 aromatic rings. The number of anilines is 1. The molecule has 8 nitrogen and oxygen atoms in total. The van der Waals surface area contributed by atoms with Crippen LogP contribution in [0.4, 0.5) is 11.4 Å². The molecule has 0 amide bonds. The van der Waals surface area contributed by atoms with Crippen molar-refractivity contribution >= 4 is 46.0 Å². The summed E-state index contributed by atoms with van der Waals surface area (Å²) in [5, 5.41) is 17.0. The van der Waals surface area contributed by atoms with Gasteiger partial charge in [-0.1, -0.05) is 12.1 Å². The fourth-order valence-electron chi connectivity index (χ4n) is 1.63. The Balaban J connectivity index is 1.79. The molecule has 10 heteroatoms. The van der Waals surface area contributed by atoms with Crippen molar-refractivity contribution in [3.05, 3.63) is 58.5 Å². The maximum absolute atomic E-state index is 10.9. The van der Waals surface area contributed by atoms with Crippen LogP contribution in [-0.4, -0.2) is 15.1 Å². The summed E-state index contributed by atoms with van der Waals surface area (Å²) in [5.74, 6) is 0.731. The van der Waals surface area contributed by atoms with Crippen molar-refractivity contribution in [1.29, 1.82) is 0 Å². The number of hydrazine groups is 1. The third-order valence-corrected chi connectivity index (χ3v) is 3.09. The molecule has 2 rings (SSSR count). The molecule has 0 bridgehead atoms. The fraction of sp³-hybridized carbons (Fsp3) is 0.0769. The zero-order chi connectivity index (χ0) is 16.7. The van der Waals surface area contributed by atoms with E-state index in [4.69, 9.17) is 28.9 Å². The third kappa shape index (κ3) is 5.20. The number of benzene rings is 1. The normalized spacial score (nSPS) is 9.74. The quantitative estimate of drug-likeness (QED) is 0.374. The lowest BCUT2D eigenvalue weighted by Crippen LogP contribution is -2.48. The Labute approximate surface area is 142 Å². The van der Waals surface area contributed by atoms with Gasteiger partial charge in [0.15, 0.2) is 10.2 Å². The van der Waals surface area contributed by atoms with Gasteiger partial charge in [0.05, 0.1) is 17.7 Å². The Morgan fingerprint density at radius 3 is 2.57 bits per heavy atom. The number of rotatable bonds is 4. The minimum absolute atomic E-state index is 0.0739. The molecule has 120 valence electrons. The fourth-order valence-corrected chi connectivity index (χ4v) is 1.91. The van der Waals surface area contributed by atoms with Gasteiger partial charge in [0, 0.05) is 6.07 Å². The minimum Gasteiger partial charge on any atom is -0.467 e. The van der Waals surface area contributed by atoms with E-state index in [9.17, 15) is 10.1 Å². The van der Waals surface area contributed by atoms with Crippen LogP contribution in [0.2, 0.25) is 0 Å². The molecule has 0 fully saturated rings. The van der Waals surface area contributed by atoms with Gasteiger partial charge >= 0.3 is 0 Å². The number of thiocarbonyl (C=S) groups is 2. The van der Waals surface area contributed by atoms with Crippen LogP contribution in [0.15, 0.2) is 47.1 Å². The van der Waals surface area contributed by atoms with Gasteiger partial charge in [-0.25, -0.2) is 0 Å². The van der Waals surface area contributed by atoms with Crippen molar-refractivity contribution in [3.8, 4) is 0 Å². The Morgan fingerprint density at radius 2 is 1.87 bits per heavy atom. The Bertz CT molecular complexity index is 705. The summed E-state index contributed by atoms with van der Waals surface area (Å²) >= 11 is 10.1. The van der Waals surface area contributed by atoms with E-state index >= 15 is 0 Å². The van der Waals surface area contributed by atoms with Crippen molar-refractivity contribution < 1.29 is 9.34 Å². The van der Waals surface area contributed by atoms with Crippen LogP contribution in [0.3, 0.4) is 0 Å². The lowest BCUT2D eigenvalue weighted by molar-refractivity contribution is -0.383. The molecule has 4 N–H and O–H groups in total. The number of furan rings is 1. The number of nitro groups is 1. The maximum Gasteiger partial charge on any atom is 0.292 e. The number of nitrogens with zero attached hydrogens (tertiary/aromatic N) is 1. The Kier molecular flexibility index (Phi) is 5.83. The molecule has 0 atom stereocenters. The Hall–Kier alpha value is -2.72. The summed E-state index contributed by atoms with van der Waals surface area (Å²) in [4.78, 5) is 10.4. The van der Waals surface area contributed by atoms with Crippen molar-refractivity contribution in [2.75, 3.05) is 5.32 Å². The van der Waals surface area contributed by atoms with E-state index in [1.54, 1.807) is 30.5 Å². The first kappa shape index (κ1) is 16.6. The van der Waals surface area contributed by atoms with Crippen LogP contribution in [0.25, 0.3) is 0 Å². The number of nitrogens with one attached hydrogen (secondary N) is 4. The number of hydrogen-bond acceptors (Lipinski definition) is 5. The summed E-state index contributed by atoms with van der Waals surface area (Å²) in [5.41, 5.74) is 5.52. The van der Waals surface area contributed by atoms with E-state index in [0.29, 0.717) is 11.7 Å². The van der Waals surface area contributed by atoms with Gasteiger partial charge in [-0.2, -0.15) is 0 Å². The topological polar surface area (TPSA) is 104 Å². The first-order chi connectivity index (χ1) is 11.1. The van der Waals surface area contributed by atoms with Crippen LogP contribution in [-0.2, 0) is 6.54 Å². The highest BCUT2D eigenvalue weighted by molar-refractivity contribution is 7.80. The SMILES string of the molecule is O=[N+]([O-])c1ccccc1NC(=S)NNC(=S)NCc1ccco1. The van der Waals surface area contributed by atoms with Gasteiger partial charge in [-0.15, -0.1) is 0 Å². The molecule has 0 aliphatic rings. The molecule has 23 heavy (non-hydrogen) atoms. The highest BCUT2D eigenvalue weighted by Crippen LogP contribution is 2.22. The molecule has 0 saturated heterocycles. The zero-order valence-electron chi connectivity index (χ0n) is 11.7. The van der Waals surface area contributed by atoms with E-state index < -0.39 is 4.92 Å². The van der Waals surface area contributed by atoms with Gasteiger partial charge < -0.3 is 15.1 Å². The molecule has 1 aromatic carbocycles. The standard InChI is InChI=1S/C13H13N5O3S2/c19-18(20)11-6-2-1-5-10(11)15-13(23)17-16-12(22)14-8-9-4-3-7-21-9/h1-7H,8H2,(H2,14,16,22)(H2,15,17,23). The molecule has 0 aliphatic carbocycles. The van der Waals surface area contributed by atoms with E-state index in [-0.39, 0.29) is 16.5 Å². The molecule has 0 spiro atoms. The molecular formula is C13H13N5O3S2. The lowest BCUT2D eigenvalue weighted by Gasteiger charge is -2.13. The second-order valence-corrected chi connectivity index (χ2v) is 5.06. The van der Waals surface area contributed by atoms with Crippen LogP contribution in [0.5, 0.6) is 0 Å². The largest absolute Gasteiger partial charge is 0.467 e. The van der Waals surface area contributed by atoms with Crippen molar-refractivity contribution in [2.45, 2.75) is 6.54 Å². The highest BCUT2D eigenvalue weighted by Gasteiger charge is 2.13. The first-order valence-corrected chi connectivity index (χ1v) is 7.24. The maximum atomic E-state index is 10.9. The van der Waals surface area contributed by atoms with Crippen LogP contribution in [0.1, 0.15) is 5.76 Å².